The number of nitrogens with zero attached hydrogens (tertiary/aromatic N) is 1. The Morgan fingerprint density at radius 2 is 1.73 bits per heavy atom. The zero-order valence-corrected chi connectivity index (χ0v) is 13.2. The molecule has 22 heavy (non-hydrogen) atoms. The van der Waals surface area contributed by atoms with Gasteiger partial charge in [-0.25, -0.2) is 5.43 Å². The first-order valence-electron chi connectivity index (χ1n) is 6.83. The second kappa shape index (κ2) is 8.66. The number of benzene rings is 1. The van der Waals surface area contributed by atoms with Gasteiger partial charge in [-0.1, -0.05) is 0 Å². The number of nitrogens with one attached hydrogen (secondary N) is 2. The predicted molar refractivity (Wildman–Crippen MR) is 83.4 cm³/mol. The first kappa shape index (κ1) is 17.5. The van der Waals surface area contributed by atoms with E-state index in [-0.39, 0.29) is 12.3 Å². The standard InChI is InChI=1S/C15H21N3O4/c1-5-16-14(19)6-10(2)17-18-15(20)11-7-12(21-3)9-13(8-11)22-4/h7-9H,5-6H2,1-4H3,(H,16,19)(H,18,20). The van der Waals surface area contributed by atoms with Gasteiger partial charge in [0.1, 0.15) is 11.5 Å². The highest BCUT2D eigenvalue weighted by molar-refractivity contribution is 6.01. The van der Waals surface area contributed by atoms with E-state index < -0.39 is 5.91 Å². The summed E-state index contributed by atoms with van der Waals surface area (Å²) < 4.78 is 10.2. The molecule has 0 saturated carbocycles. The fourth-order valence-corrected chi connectivity index (χ4v) is 1.68. The third-order valence-electron chi connectivity index (χ3n) is 2.75. The van der Waals surface area contributed by atoms with Crippen LogP contribution in [0.25, 0.3) is 0 Å². The molecule has 0 aliphatic heterocycles. The number of carbonyl (C=O) groups excluding carboxylic acids is 2. The molecule has 1 aromatic rings. The lowest BCUT2D eigenvalue weighted by atomic mass is 10.2. The molecule has 7 heteroatoms. The van der Waals surface area contributed by atoms with Gasteiger partial charge in [-0.2, -0.15) is 5.10 Å². The summed E-state index contributed by atoms with van der Waals surface area (Å²) in [6, 6.07) is 4.82. The zero-order valence-electron chi connectivity index (χ0n) is 13.2. The molecule has 0 unspecified atom stereocenters. The van der Waals surface area contributed by atoms with Crippen LogP contribution in [0.4, 0.5) is 0 Å². The molecule has 0 aliphatic carbocycles. The van der Waals surface area contributed by atoms with E-state index in [0.717, 1.165) is 0 Å². The molecule has 120 valence electrons. The van der Waals surface area contributed by atoms with Gasteiger partial charge in [0.25, 0.3) is 5.91 Å². The molecule has 0 spiro atoms. The van der Waals surface area contributed by atoms with Crippen molar-refractivity contribution < 1.29 is 19.1 Å². The molecule has 0 atom stereocenters. The highest BCUT2D eigenvalue weighted by atomic mass is 16.5. The Bertz CT molecular complexity index is 548. The maximum Gasteiger partial charge on any atom is 0.271 e. The smallest absolute Gasteiger partial charge is 0.271 e. The van der Waals surface area contributed by atoms with Crippen molar-refractivity contribution in [3.05, 3.63) is 23.8 Å². The Morgan fingerprint density at radius 3 is 2.23 bits per heavy atom. The number of hydrogen-bond donors (Lipinski definition) is 2. The minimum Gasteiger partial charge on any atom is -0.497 e. The van der Waals surface area contributed by atoms with Crippen LogP contribution in [-0.4, -0.2) is 38.3 Å². The van der Waals surface area contributed by atoms with Crippen LogP contribution in [0.3, 0.4) is 0 Å². The zero-order chi connectivity index (χ0) is 16.5. The molecular weight excluding hydrogens is 286 g/mol. The van der Waals surface area contributed by atoms with E-state index in [0.29, 0.717) is 29.3 Å². The predicted octanol–water partition coefficient (Wildman–Crippen LogP) is 1.34. The van der Waals surface area contributed by atoms with Crippen molar-refractivity contribution >= 4 is 17.5 Å². The van der Waals surface area contributed by atoms with E-state index >= 15 is 0 Å². The fourth-order valence-electron chi connectivity index (χ4n) is 1.68. The summed E-state index contributed by atoms with van der Waals surface area (Å²) >= 11 is 0. The number of rotatable bonds is 7. The maximum absolute atomic E-state index is 12.1. The molecule has 0 aromatic heterocycles. The van der Waals surface area contributed by atoms with Gasteiger partial charge in [-0.15, -0.1) is 0 Å². The molecule has 0 radical (unpaired) electrons. The first-order chi connectivity index (χ1) is 10.5. The van der Waals surface area contributed by atoms with Crippen molar-refractivity contribution in [2.24, 2.45) is 5.10 Å². The molecule has 2 N–H and O–H groups in total. The van der Waals surface area contributed by atoms with Crippen molar-refractivity contribution in [1.82, 2.24) is 10.7 Å². The van der Waals surface area contributed by atoms with E-state index in [4.69, 9.17) is 9.47 Å². The van der Waals surface area contributed by atoms with E-state index in [1.165, 1.54) is 14.2 Å². The molecule has 1 aromatic carbocycles. The molecule has 2 amide bonds. The Balaban J connectivity index is 2.74. The summed E-state index contributed by atoms with van der Waals surface area (Å²) in [5, 5.41) is 6.57. The van der Waals surface area contributed by atoms with Crippen LogP contribution in [-0.2, 0) is 4.79 Å². The van der Waals surface area contributed by atoms with E-state index in [2.05, 4.69) is 15.8 Å². The molecule has 0 fully saturated rings. The normalized spacial score (nSPS) is 10.8. The van der Waals surface area contributed by atoms with Crippen LogP contribution < -0.4 is 20.2 Å². The van der Waals surface area contributed by atoms with Crippen molar-refractivity contribution in [3.8, 4) is 11.5 Å². The average molecular weight is 307 g/mol. The van der Waals surface area contributed by atoms with Gasteiger partial charge >= 0.3 is 0 Å². The SMILES string of the molecule is CCNC(=O)CC(C)=NNC(=O)c1cc(OC)cc(OC)c1. The summed E-state index contributed by atoms with van der Waals surface area (Å²) in [5.41, 5.74) is 3.27. The number of ether oxygens (including phenoxy) is 2. The summed E-state index contributed by atoms with van der Waals surface area (Å²) in [6.45, 7) is 4.06. The maximum atomic E-state index is 12.1. The number of carbonyl (C=O) groups is 2. The van der Waals surface area contributed by atoms with Crippen LogP contribution in [0.1, 0.15) is 30.6 Å². The topological polar surface area (TPSA) is 89.0 Å². The van der Waals surface area contributed by atoms with Gasteiger partial charge in [0.05, 0.1) is 20.6 Å². The second-order valence-electron chi connectivity index (χ2n) is 4.52. The van der Waals surface area contributed by atoms with Gasteiger partial charge in [0.2, 0.25) is 5.91 Å². The highest BCUT2D eigenvalue weighted by Crippen LogP contribution is 2.22. The molecule has 7 nitrogen and oxygen atoms in total. The molecule has 0 aliphatic rings. The summed E-state index contributed by atoms with van der Waals surface area (Å²) in [5.74, 6) is 0.466. The summed E-state index contributed by atoms with van der Waals surface area (Å²) in [7, 11) is 3.01. The van der Waals surface area contributed by atoms with Gasteiger partial charge in [0.15, 0.2) is 0 Å². The van der Waals surface area contributed by atoms with Crippen LogP contribution in [0, 0.1) is 0 Å². The van der Waals surface area contributed by atoms with Crippen LogP contribution in [0.15, 0.2) is 23.3 Å². The molecule has 0 saturated heterocycles. The number of hydrogen-bond acceptors (Lipinski definition) is 5. The lowest BCUT2D eigenvalue weighted by Crippen LogP contribution is -2.26. The fraction of sp³-hybridized carbons (Fsp3) is 0.400. The van der Waals surface area contributed by atoms with Crippen molar-refractivity contribution in [2.75, 3.05) is 20.8 Å². The van der Waals surface area contributed by atoms with E-state index in [1.807, 2.05) is 6.92 Å². The quantitative estimate of drug-likeness (QED) is 0.587. The monoisotopic (exact) mass is 307 g/mol. The van der Waals surface area contributed by atoms with Crippen LogP contribution >= 0.6 is 0 Å². The molecule has 0 bridgehead atoms. The first-order valence-corrected chi connectivity index (χ1v) is 6.83. The Kier molecular flexibility index (Phi) is 6.88. The number of amides is 2. The van der Waals surface area contributed by atoms with Crippen molar-refractivity contribution in [3.63, 3.8) is 0 Å². The minimum absolute atomic E-state index is 0.134. The lowest BCUT2D eigenvalue weighted by molar-refractivity contribution is -0.119. The highest BCUT2D eigenvalue weighted by Gasteiger charge is 2.10. The van der Waals surface area contributed by atoms with E-state index in [9.17, 15) is 9.59 Å². The lowest BCUT2D eigenvalue weighted by Gasteiger charge is -2.08. The van der Waals surface area contributed by atoms with Crippen molar-refractivity contribution in [2.45, 2.75) is 20.3 Å². The molecular formula is C15H21N3O4. The number of hydrazone groups is 1. The Labute approximate surface area is 129 Å². The van der Waals surface area contributed by atoms with Crippen molar-refractivity contribution in [1.29, 1.82) is 0 Å². The average Bonchev–Trinajstić information content (AvgIpc) is 2.52. The Hall–Kier alpha value is -2.57. The van der Waals surface area contributed by atoms with Gasteiger partial charge in [-0.05, 0) is 26.0 Å². The van der Waals surface area contributed by atoms with Gasteiger partial charge in [0, 0.05) is 23.9 Å². The Morgan fingerprint density at radius 1 is 1.14 bits per heavy atom. The van der Waals surface area contributed by atoms with Gasteiger partial charge < -0.3 is 14.8 Å². The van der Waals surface area contributed by atoms with Crippen LogP contribution in [0.2, 0.25) is 0 Å². The second-order valence-corrected chi connectivity index (χ2v) is 4.52. The third-order valence-corrected chi connectivity index (χ3v) is 2.75. The summed E-state index contributed by atoms with van der Waals surface area (Å²) in [6.07, 6.45) is 0.134. The van der Waals surface area contributed by atoms with Gasteiger partial charge in [-0.3, -0.25) is 9.59 Å². The molecule has 1 rings (SSSR count). The molecule has 0 heterocycles. The minimum atomic E-state index is -0.410. The largest absolute Gasteiger partial charge is 0.497 e. The van der Waals surface area contributed by atoms with Crippen LogP contribution in [0.5, 0.6) is 11.5 Å². The number of methoxy groups -OCH3 is 2. The van der Waals surface area contributed by atoms with E-state index in [1.54, 1.807) is 25.1 Å². The third kappa shape index (κ3) is 5.43. The summed E-state index contributed by atoms with van der Waals surface area (Å²) in [4.78, 5) is 23.5.